The van der Waals surface area contributed by atoms with Gasteiger partial charge >= 0.3 is 0 Å². The highest BCUT2D eigenvalue weighted by Gasteiger charge is 2.20. The molecule has 5 nitrogen and oxygen atoms in total. The van der Waals surface area contributed by atoms with Crippen molar-refractivity contribution in [2.45, 2.75) is 32.0 Å². The highest BCUT2D eigenvalue weighted by molar-refractivity contribution is 6.08. The van der Waals surface area contributed by atoms with E-state index >= 15 is 0 Å². The standard InChI is InChI=1S/C14H18O5/c1-9-2-4-10(5-3-9)12(17)6-11(16)7-13(18)14(19)8-15/h2-5,13-15,18-19H,6-8H2,1H3. The largest absolute Gasteiger partial charge is 0.394 e. The molecule has 104 valence electrons. The summed E-state index contributed by atoms with van der Waals surface area (Å²) in [7, 11) is 0. The van der Waals surface area contributed by atoms with Gasteiger partial charge in [-0.2, -0.15) is 0 Å². The maximum atomic E-state index is 11.8. The van der Waals surface area contributed by atoms with E-state index in [9.17, 15) is 14.7 Å². The van der Waals surface area contributed by atoms with Crippen molar-refractivity contribution in [2.75, 3.05) is 6.61 Å². The van der Waals surface area contributed by atoms with E-state index in [0.717, 1.165) is 5.56 Å². The number of Topliss-reactive ketones (excluding diaryl/α,β-unsaturated/α-hetero) is 2. The molecule has 0 fully saturated rings. The number of ketones is 2. The second-order valence-corrected chi connectivity index (χ2v) is 4.53. The summed E-state index contributed by atoms with van der Waals surface area (Å²) in [6.45, 7) is 1.27. The van der Waals surface area contributed by atoms with Gasteiger partial charge in [0, 0.05) is 12.0 Å². The number of aliphatic hydroxyl groups is 3. The van der Waals surface area contributed by atoms with Crippen molar-refractivity contribution >= 4 is 11.6 Å². The van der Waals surface area contributed by atoms with Gasteiger partial charge in [0.1, 0.15) is 11.9 Å². The van der Waals surface area contributed by atoms with Gasteiger partial charge in [-0.25, -0.2) is 0 Å². The quantitative estimate of drug-likeness (QED) is 0.485. The highest BCUT2D eigenvalue weighted by Crippen LogP contribution is 2.09. The summed E-state index contributed by atoms with van der Waals surface area (Å²) in [5.41, 5.74) is 1.46. The van der Waals surface area contributed by atoms with E-state index in [-0.39, 0.29) is 18.6 Å². The Balaban J connectivity index is 2.53. The molecule has 1 aromatic rings. The average Bonchev–Trinajstić information content (AvgIpc) is 2.38. The van der Waals surface area contributed by atoms with Crippen molar-refractivity contribution in [3.8, 4) is 0 Å². The third kappa shape index (κ3) is 4.90. The molecule has 0 saturated heterocycles. The molecule has 5 heteroatoms. The molecule has 1 aromatic carbocycles. The molecule has 0 aliphatic rings. The van der Waals surface area contributed by atoms with Crippen LogP contribution in [0.2, 0.25) is 0 Å². The van der Waals surface area contributed by atoms with Gasteiger partial charge in [0.15, 0.2) is 5.78 Å². The Hall–Kier alpha value is -1.56. The lowest BCUT2D eigenvalue weighted by atomic mass is 10.0. The molecule has 0 radical (unpaired) electrons. The Bertz CT molecular complexity index is 438. The fourth-order valence-corrected chi connectivity index (χ4v) is 1.58. The molecule has 2 atom stereocenters. The number of carbonyl (C=O) groups is 2. The minimum Gasteiger partial charge on any atom is -0.394 e. The van der Waals surface area contributed by atoms with Crippen molar-refractivity contribution in [2.24, 2.45) is 0 Å². The average molecular weight is 266 g/mol. The topological polar surface area (TPSA) is 94.8 Å². The van der Waals surface area contributed by atoms with Crippen LogP contribution in [0, 0.1) is 6.92 Å². The molecule has 0 spiro atoms. The number of hydrogen-bond acceptors (Lipinski definition) is 5. The lowest BCUT2D eigenvalue weighted by Crippen LogP contribution is -2.31. The fourth-order valence-electron chi connectivity index (χ4n) is 1.58. The molecule has 2 unspecified atom stereocenters. The van der Waals surface area contributed by atoms with E-state index in [4.69, 9.17) is 10.2 Å². The van der Waals surface area contributed by atoms with Crippen LogP contribution < -0.4 is 0 Å². The molecule has 0 heterocycles. The van der Waals surface area contributed by atoms with Crippen LogP contribution in [0.5, 0.6) is 0 Å². The van der Waals surface area contributed by atoms with E-state index in [1.807, 2.05) is 6.92 Å². The number of rotatable bonds is 7. The molecule has 0 amide bonds. The minimum atomic E-state index is -1.36. The third-order valence-corrected chi connectivity index (χ3v) is 2.80. The maximum absolute atomic E-state index is 11.8. The zero-order chi connectivity index (χ0) is 14.4. The summed E-state index contributed by atoms with van der Waals surface area (Å²) in [5.74, 6) is -0.790. The van der Waals surface area contributed by atoms with E-state index < -0.39 is 24.6 Å². The normalized spacial score (nSPS) is 13.9. The zero-order valence-corrected chi connectivity index (χ0v) is 10.7. The molecule has 0 aromatic heterocycles. The molecular formula is C14H18O5. The Morgan fingerprint density at radius 1 is 1.11 bits per heavy atom. The smallest absolute Gasteiger partial charge is 0.170 e. The summed E-state index contributed by atoms with van der Waals surface area (Å²) >= 11 is 0. The third-order valence-electron chi connectivity index (χ3n) is 2.80. The van der Waals surface area contributed by atoms with Crippen LogP contribution in [0.15, 0.2) is 24.3 Å². The van der Waals surface area contributed by atoms with Crippen LogP contribution in [0.4, 0.5) is 0 Å². The SMILES string of the molecule is Cc1ccc(C(=O)CC(=O)CC(O)C(O)CO)cc1. The van der Waals surface area contributed by atoms with Crippen LogP contribution in [0.1, 0.15) is 28.8 Å². The predicted octanol–water partition coefficient (Wildman–Crippen LogP) is 0.241. The molecule has 0 aliphatic heterocycles. The summed E-state index contributed by atoms with van der Waals surface area (Å²) in [6.07, 6.45) is -3.38. The summed E-state index contributed by atoms with van der Waals surface area (Å²) in [5, 5.41) is 27.1. The summed E-state index contributed by atoms with van der Waals surface area (Å²) in [4.78, 5) is 23.3. The van der Waals surface area contributed by atoms with E-state index in [0.29, 0.717) is 5.56 Å². The second kappa shape index (κ2) is 7.13. The first-order valence-electron chi connectivity index (χ1n) is 6.02. The Morgan fingerprint density at radius 2 is 1.68 bits per heavy atom. The highest BCUT2D eigenvalue weighted by atomic mass is 16.4. The summed E-state index contributed by atoms with van der Waals surface area (Å²) < 4.78 is 0. The van der Waals surface area contributed by atoms with Gasteiger partial charge in [-0.1, -0.05) is 29.8 Å². The lowest BCUT2D eigenvalue weighted by molar-refractivity contribution is -0.122. The van der Waals surface area contributed by atoms with Crippen LogP contribution >= 0.6 is 0 Å². The van der Waals surface area contributed by atoms with Crippen LogP contribution in [0.25, 0.3) is 0 Å². The molecule has 0 aliphatic carbocycles. The van der Waals surface area contributed by atoms with Gasteiger partial charge in [-0.15, -0.1) is 0 Å². The van der Waals surface area contributed by atoms with Gasteiger partial charge in [0.05, 0.1) is 19.1 Å². The molecule has 3 N–H and O–H groups in total. The van der Waals surface area contributed by atoms with Crippen LogP contribution in [-0.4, -0.2) is 45.7 Å². The van der Waals surface area contributed by atoms with Crippen molar-refractivity contribution < 1.29 is 24.9 Å². The van der Waals surface area contributed by atoms with Crippen LogP contribution in [0.3, 0.4) is 0 Å². The second-order valence-electron chi connectivity index (χ2n) is 4.53. The van der Waals surface area contributed by atoms with Crippen molar-refractivity contribution in [1.29, 1.82) is 0 Å². The van der Waals surface area contributed by atoms with Crippen molar-refractivity contribution in [3.05, 3.63) is 35.4 Å². The van der Waals surface area contributed by atoms with E-state index in [1.165, 1.54) is 0 Å². The van der Waals surface area contributed by atoms with E-state index in [1.54, 1.807) is 24.3 Å². The number of aryl methyl sites for hydroxylation is 1. The lowest BCUT2D eigenvalue weighted by Gasteiger charge is -2.14. The maximum Gasteiger partial charge on any atom is 0.170 e. The number of aliphatic hydroxyl groups excluding tert-OH is 3. The monoisotopic (exact) mass is 266 g/mol. The van der Waals surface area contributed by atoms with Gasteiger partial charge < -0.3 is 15.3 Å². The van der Waals surface area contributed by atoms with Crippen LogP contribution in [-0.2, 0) is 4.79 Å². The number of hydrogen-bond donors (Lipinski definition) is 3. The molecule has 1 rings (SSSR count). The molecule has 0 saturated carbocycles. The zero-order valence-electron chi connectivity index (χ0n) is 10.7. The van der Waals surface area contributed by atoms with Gasteiger partial charge in [0.2, 0.25) is 0 Å². The number of benzene rings is 1. The van der Waals surface area contributed by atoms with Crippen molar-refractivity contribution in [1.82, 2.24) is 0 Å². The van der Waals surface area contributed by atoms with Gasteiger partial charge in [-0.05, 0) is 6.92 Å². The first-order valence-corrected chi connectivity index (χ1v) is 6.02. The minimum absolute atomic E-state index is 0.321. The first-order chi connectivity index (χ1) is 8.93. The Morgan fingerprint density at radius 3 is 2.21 bits per heavy atom. The summed E-state index contributed by atoms with van der Waals surface area (Å²) in [6, 6.07) is 6.85. The van der Waals surface area contributed by atoms with Gasteiger partial charge in [-0.3, -0.25) is 9.59 Å². The van der Waals surface area contributed by atoms with Crippen molar-refractivity contribution in [3.63, 3.8) is 0 Å². The molecule has 19 heavy (non-hydrogen) atoms. The van der Waals surface area contributed by atoms with Gasteiger partial charge in [0.25, 0.3) is 0 Å². The Kier molecular flexibility index (Phi) is 5.82. The molecule has 0 bridgehead atoms. The predicted molar refractivity (Wildman–Crippen MR) is 68.8 cm³/mol. The molecular weight excluding hydrogens is 248 g/mol. The number of carbonyl (C=O) groups excluding carboxylic acids is 2. The first kappa shape index (κ1) is 15.5. The Labute approximate surface area is 111 Å². The fraction of sp³-hybridized carbons (Fsp3) is 0.429. The van der Waals surface area contributed by atoms with E-state index in [2.05, 4.69) is 0 Å².